The van der Waals surface area contributed by atoms with Gasteiger partial charge < -0.3 is 14.0 Å². The Labute approximate surface area is 231 Å². The van der Waals surface area contributed by atoms with Crippen LogP contribution in [0, 0.1) is 11.8 Å². The van der Waals surface area contributed by atoms with Gasteiger partial charge in [0.1, 0.15) is 34.8 Å². The summed E-state index contributed by atoms with van der Waals surface area (Å²) >= 11 is 0. The number of hydrogen-bond donors (Lipinski definition) is 4. The van der Waals surface area contributed by atoms with E-state index in [1.807, 2.05) is 11.8 Å². The molecule has 0 aromatic heterocycles. The van der Waals surface area contributed by atoms with Crippen molar-refractivity contribution in [1.82, 2.24) is 30.5 Å². The molecule has 0 aromatic rings. The summed E-state index contributed by atoms with van der Waals surface area (Å²) in [6.07, 6.45) is 0.140. The first-order valence-corrected chi connectivity index (χ1v) is 16.0. The standard InChI is InChI=1S/C25H47F3N6O4S/c1-17(2)14-19-5-8-21(9-6-19)39(35,36)34-12-10-33(11-13-34)23-30-22(29-15-20-7-4-18(3)38-20)31-24(32-23)37-16-25(26,27)28/h17-24,29-32H,4-16H2,1-3H3. The lowest BCUT2D eigenvalue weighted by molar-refractivity contribution is -0.202. The topological polar surface area (TPSA) is 113 Å². The molecular weight excluding hydrogens is 537 g/mol. The molecule has 1 aliphatic carbocycles. The fourth-order valence-corrected chi connectivity index (χ4v) is 8.21. The van der Waals surface area contributed by atoms with E-state index in [0.717, 1.165) is 32.1 Å². The highest BCUT2D eigenvalue weighted by atomic mass is 32.3. The number of halogens is 3. The van der Waals surface area contributed by atoms with Gasteiger partial charge in [-0.3, -0.25) is 26.2 Å². The molecule has 3 heterocycles. The molecule has 4 aliphatic rings. The van der Waals surface area contributed by atoms with Crippen LogP contribution in [-0.4, -0.2) is 95.7 Å². The van der Waals surface area contributed by atoms with Crippen molar-refractivity contribution in [2.75, 3.05) is 39.3 Å². The van der Waals surface area contributed by atoms with Gasteiger partial charge in [-0.05, 0) is 63.7 Å². The molecule has 3 aliphatic heterocycles. The molecule has 39 heavy (non-hydrogen) atoms. The number of hydrogen-bond acceptors (Lipinski definition) is 9. The molecule has 0 bridgehead atoms. The van der Waals surface area contributed by atoms with Gasteiger partial charge in [-0.2, -0.15) is 13.2 Å². The highest BCUT2D eigenvalue weighted by Crippen LogP contribution is 2.35. The zero-order valence-electron chi connectivity index (χ0n) is 23.4. The first-order chi connectivity index (χ1) is 18.4. The predicted molar refractivity (Wildman–Crippen MR) is 142 cm³/mol. The van der Waals surface area contributed by atoms with Crippen molar-refractivity contribution in [3.05, 3.63) is 0 Å². The summed E-state index contributed by atoms with van der Waals surface area (Å²) < 4.78 is 77.8. The van der Waals surface area contributed by atoms with E-state index in [1.54, 1.807) is 4.31 Å². The molecular formula is C25H47F3N6O4S. The zero-order valence-corrected chi connectivity index (χ0v) is 24.2. The van der Waals surface area contributed by atoms with Gasteiger partial charge in [0, 0.05) is 19.6 Å². The maximum Gasteiger partial charge on any atom is 0.411 e. The quantitative estimate of drug-likeness (QED) is 0.287. The smallest absolute Gasteiger partial charge is 0.411 e. The van der Waals surface area contributed by atoms with Crippen LogP contribution in [0.15, 0.2) is 0 Å². The first kappa shape index (κ1) is 31.5. The van der Waals surface area contributed by atoms with Crippen molar-refractivity contribution >= 4 is 10.4 Å². The zero-order chi connectivity index (χ0) is 28.2. The normalized spacial score (nSPS) is 37.3. The first-order valence-electron chi connectivity index (χ1n) is 14.5. The van der Waals surface area contributed by atoms with Gasteiger partial charge in [-0.15, -0.1) is 4.31 Å². The number of piperazine rings is 1. The van der Waals surface area contributed by atoms with Gasteiger partial charge >= 0.3 is 6.18 Å². The van der Waals surface area contributed by atoms with Crippen LogP contribution in [0.2, 0.25) is 0 Å². The van der Waals surface area contributed by atoms with Crippen LogP contribution in [0.5, 0.6) is 0 Å². The average molecular weight is 585 g/mol. The second-order valence-electron chi connectivity index (χ2n) is 11.9. The second kappa shape index (κ2) is 13.7. The number of alkyl halides is 3. The van der Waals surface area contributed by atoms with Crippen LogP contribution in [0.4, 0.5) is 13.2 Å². The van der Waals surface area contributed by atoms with Crippen LogP contribution in [-0.2, 0) is 24.1 Å². The Hall–Kier alpha value is -0.420. The van der Waals surface area contributed by atoms with Crippen molar-refractivity contribution in [3.8, 4) is 0 Å². The van der Waals surface area contributed by atoms with E-state index in [1.165, 1.54) is 0 Å². The average Bonchev–Trinajstić information content (AvgIpc) is 3.31. The third-order valence-corrected chi connectivity index (χ3v) is 10.7. The summed E-state index contributed by atoms with van der Waals surface area (Å²) in [5.74, 6) is 1.24. The maximum atomic E-state index is 13.4. The fourth-order valence-electron chi connectivity index (χ4n) is 6.24. The molecule has 4 rings (SSSR count). The van der Waals surface area contributed by atoms with E-state index in [4.69, 9.17) is 9.47 Å². The van der Waals surface area contributed by atoms with Gasteiger partial charge in [0.25, 0.3) is 0 Å². The molecule has 3 saturated heterocycles. The van der Waals surface area contributed by atoms with Gasteiger partial charge in [0.15, 0.2) is 6.35 Å². The molecule has 6 atom stereocenters. The second-order valence-corrected chi connectivity index (χ2v) is 14.2. The van der Waals surface area contributed by atoms with E-state index in [2.05, 4.69) is 35.1 Å². The molecule has 0 spiro atoms. The number of nitrogens with zero attached hydrogens (tertiary/aromatic N) is 2. The SMILES string of the molecule is CC(C)CC1CCC([S+](=O)([O-])N2CCN(C3NC(NCC4CCC(C)O4)NC(OCC(F)(F)F)N3)CC2)CC1. The minimum atomic E-state index is -4.45. The fraction of sp³-hybridized carbons (Fsp3) is 1.00. The molecule has 0 radical (unpaired) electrons. The van der Waals surface area contributed by atoms with Crippen molar-refractivity contribution in [2.45, 2.75) is 108 Å². The summed E-state index contributed by atoms with van der Waals surface area (Å²) in [6, 6.07) is 0. The summed E-state index contributed by atoms with van der Waals surface area (Å²) in [5.41, 5.74) is 0. The Bertz CT molecular complexity index is 811. The largest absolute Gasteiger partial charge is 0.597 e. The summed E-state index contributed by atoms with van der Waals surface area (Å²) in [4.78, 5) is 2.01. The van der Waals surface area contributed by atoms with Gasteiger partial charge in [0.2, 0.25) is 0 Å². The monoisotopic (exact) mass is 584 g/mol. The lowest BCUT2D eigenvalue weighted by Gasteiger charge is -2.46. The minimum Gasteiger partial charge on any atom is -0.597 e. The Kier molecular flexibility index (Phi) is 11.1. The summed E-state index contributed by atoms with van der Waals surface area (Å²) in [5, 5.41) is 12.3. The van der Waals surface area contributed by atoms with Crippen molar-refractivity contribution in [1.29, 1.82) is 0 Å². The van der Waals surface area contributed by atoms with Crippen LogP contribution in [0.25, 0.3) is 0 Å². The molecule has 10 nitrogen and oxygen atoms in total. The lowest BCUT2D eigenvalue weighted by atomic mass is 9.83. The van der Waals surface area contributed by atoms with E-state index in [0.29, 0.717) is 57.4 Å². The number of sulfonamides is 1. The summed E-state index contributed by atoms with van der Waals surface area (Å²) in [6.45, 7) is 7.20. The molecule has 0 amide bonds. The highest BCUT2D eigenvalue weighted by Gasteiger charge is 2.42. The molecule has 0 aromatic carbocycles. The molecule has 4 fully saturated rings. The van der Waals surface area contributed by atoms with Crippen LogP contribution >= 0.6 is 0 Å². The van der Waals surface area contributed by atoms with Crippen LogP contribution in [0.3, 0.4) is 0 Å². The van der Waals surface area contributed by atoms with E-state index >= 15 is 0 Å². The third kappa shape index (κ3) is 9.29. The highest BCUT2D eigenvalue weighted by molar-refractivity contribution is 7.96. The number of ether oxygens (including phenoxy) is 2. The van der Waals surface area contributed by atoms with Crippen molar-refractivity contribution < 1.29 is 31.4 Å². The van der Waals surface area contributed by atoms with Gasteiger partial charge in [-0.1, -0.05) is 18.1 Å². The maximum absolute atomic E-state index is 13.4. The Morgan fingerprint density at radius 2 is 1.74 bits per heavy atom. The molecule has 228 valence electrons. The Morgan fingerprint density at radius 1 is 1.05 bits per heavy atom. The molecule has 1 saturated carbocycles. The third-order valence-electron chi connectivity index (χ3n) is 8.25. The van der Waals surface area contributed by atoms with Gasteiger partial charge in [0.05, 0.1) is 25.3 Å². The van der Waals surface area contributed by atoms with Crippen LogP contribution in [0.1, 0.15) is 65.7 Å². The van der Waals surface area contributed by atoms with Crippen LogP contribution < -0.4 is 21.3 Å². The Morgan fingerprint density at radius 3 is 2.33 bits per heavy atom. The van der Waals surface area contributed by atoms with E-state index in [-0.39, 0.29) is 17.5 Å². The molecule has 4 N–H and O–H groups in total. The summed E-state index contributed by atoms with van der Waals surface area (Å²) in [7, 11) is -3.38. The van der Waals surface area contributed by atoms with E-state index in [9.17, 15) is 21.9 Å². The van der Waals surface area contributed by atoms with Crippen molar-refractivity contribution in [3.63, 3.8) is 0 Å². The minimum absolute atomic E-state index is 0.0423. The van der Waals surface area contributed by atoms with Crippen molar-refractivity contribution in [2.24, 2.45) is 11.8 Å². The van der Waals surface area contributed by atoms with Gasteiger partial charge in [-0.25, -0.2) is 0 Å². The van der Waals surface area contributed by atoms with E-state index < -0.39 is 42.1 Å². The number of rotatable bonds is 10. The predicted octanol–water partition coefficient (Wildman–Crippen LogP) is 2.12. The lowest BCUT2D eigenvalue weighted by Crippen LogP contribution is -2.76. The molecule has 6 unspecified atom stereocenters. The molecule has 14 heteroatoms. The Balaban J connectivity index is 1.29. The number of nitrogens with one attached hydrogen (secondary N) is 4.